The number of nitrogens with zero attached hydrogens (tertiary/aromatic N) is 2. The number of fused-ring (bicyclic) bond motifs is 3. The predicted molar refractivity (Wildman–Crippen MR) is 97.3 cm³/mol. The van der Waals surface area contributed by atoms with E-state index < -0.39 is 6.61 Å². The van der Waals surface area contributed by atoms with Crippen LogP contribution in [0.15, 0.2) is 42.5 Å². The molecule has 0 bridgehead atoms. The zero-order chi connectivity index (χ0) is 16.0. The number of thioether (sulfide) groups is 1. The van der Waals surface area contributed by atoms with Gasteiger partial charge in [-0.1, -0.05) is 24.3 Å². The Morgan fingerprint density at radius 3 is 2.83 bits per heavy atom. The van der Waals surface area contributed by atoms with Gasteiger partial charge in [0.15, 0.2) is 0 Å². The maximum absolute atomic E-state index is 12.7. The molecule has 0 saturated carbocycles. The Hall–Kier alpha value is -1.60. The number of alkyl halides is 2. The number of hydrogen-bond donors (Lipinski definition) is 0. The molecule has 0 saturated heterocycles. The van der Waals surface area contributed by atoms with Gasteiger partial charge in [0.25, 0.3) is 0 Å². The maximum Gasteiger partial charge on any atom is 0.387 e. The fraction of sp³-hybridized carbons (Fsp3) is 0.235. The molecule has 0 spiro atoms. The first-order chi connectivity index (χ1) is 11.1. The fourth-order valence-electron chi connectivity index (χ4n) is 2.96. The van der Waals surface area contributed by atoms with Gasteiger partial charge in [-0.15, -0.1) is 28.7 Å². The van der Waals surface area contributed by atoms with Crippen molar-refractivity contribution < 1.29 is 13.5 Å². The molecule has 0 fully saturated rings. The average molecular weight is 413 g/mol. The quantitative estimate of drug-likeness (QED) is 0.582. The molecule has 1 atom stereocenters. The van der Waals surface area contributed by atoms with Gasteiger partial charge in [-0.25, -0.2) is 4.98 Å². The van der Waals surface area contributed by atoms with Gasteiger partial charge in [-0.05, 0) is 30.7 Å². The predicted octanol–water partition coefficient (Wildman–Crippen LogP) is 5.32. The Balaban J connectivity index is 0.00000169. The third-order valence-electron chi connectivity index (χ3n) is 3.92. The first kappa shape index (κ1) is 17.2. The first-order valence-corrected chi connectivity index (χ1v) is 8.31. The lowest BCUT2D eigenvalue weighted by Gasteiger charge is -2.18. The molecule has 0 N–H and O–H groups in total. The van der Waals surface area contributed by atoms with Crippen molar-refractivity contribution in [1.29, 1.82) is 0 Å². The molecular weight excluding hydrogens is 398 g/mol. The molecule has 3 aromatic rings. The smallest absolute Gasteiger partial charge is 0.387 e. The van der Waals surface area contributed by atoms with Crippen molar-refractivity contribution in [2.75, 3.05) is 0 Å². The lowest BCUT2D eigenvalue weighted by molar-refractivity contribution is -0.0504. The number of para-hydroxylation sites is 1. The van der Waals surface area contributed by atoms with E-state index in [1.54, 1.807) is 23.9 Å². The number of hydrogen-bond acceptors (Lipinski definition) is 3. The minimum atomic E-state index is -2.83. The van der Waals surface area contributed by atoms with E-state index in [0.717, 1.165) is 33.7 Å². The zero-order valence-corrected chi connectivity index (χ0v) is 15.3. The largest absolute Gasteiger partial charge is 0.434 e. The first-order valence-electron chi connectivity index (χ1n) is 7.26. The summed E-state index contributed by atoms with van der Waals surface area (Å²) in [7, 11) is 0. The van der Waals surface area contributed by atoms with Crippen LogP contribution >= 0.6 is 28.7 Å². The topological polar surface area (TPSA) is 27.1 Å². The van der Waals surface area contributed by atoms with Gasteiger partial charge in [-0.2, -0.15) is 8.78 Å². The zero-order valence-electron chi connectivity index (χ0n) is 12.8. The number of ether oxygens (including phenoxy) is 1. The van der Waals surface area contributed by atoms with Crippen LogP contribution in [0, 0.1) is 6.92 Å². The minimum Gasteiger partial charge on any atom is -0.434 e. The van der Waals surface area contributed by atoms with E-state index in [0.29, 0.717) is 0 Å². The Bertz CT molecular complexity index is 884. The molecule has 4 rings (SSSR count). The molecule has 0 radical (unpaired) electrons. The van der Waals surface area contributed by atoms with Crippen LogP contribution < -0.4 is 4.74 Å². The lowest BCUT2D eigenvalue weighted by atomic mass is 10.2. The van der Waals surface area contributed by atoms with Crippen molar-refractivity contribution in [2.45, 2.75) is 24.7 Å². The molecule has 1 aliphatic heterocycles. The molecule has 0 amide bonds. The van der Waals surface area contributed by atoms with Gasteiger partial charge in [0, 0.05) is 5.56 Å². The molecule has 0 unspecified atom stereocenters. The summed E-state index contributed by atoms with van der Waals surface area (Å²) in [4.78, 5) is 4.65. The lowest BCUT2D eigenvalue weighted by Crippen LogP contribution is -2.09. The Kier molecular flexibility index (Phi) is 4.83. The SMILES string of the molecule is Br.Cc1ccc2nc3n(c2c1)[C@H](c1ccccc1OC(F)F)SC3. The highest BCUT2D eigenvalue weighted by Gasteiger charge is 2.30. The number of aromatic nitrogens is 2. The number of benzene rings is 2. The van der Waals surface area contributed by atoms with Crippen LogP contribution in [0.5, 0.6) is 5.75 Å². The Morgan fingerprint density at radius 1 is 1.25 bits per heavy atom. The van der Waals surface area contributed by atoms with Crippen LogP contribution in [0.25, 0.3) is 11.0 Å². The normalized spacial score (nSPS) is 16.2. The van der Waals surface area contributed by atoms with Crippen LogP contribution in [0.4, 0.5) is 8.78 Å². The van der Waals surface area contributed by atoms with Crippen molar-refractivity contribution in [3.05, 3.63) is 59.4 Å². The van der Waals surface area contributed by atoms with Gasteiger partial charge in [-0.3, -0.25) is 0 Å². The van der Waals surface area contributed by atoms with Crippen LogP contribution in [-0.4, -0.2) is 16.2 Å². The van der Waals surface area contributed by atoms with Gasteiger partial charge in [0.2, 0.25) is 0 Å². The van der Waals surface area contributed by atoms with E-state index in [1.165, 1.54) is 0 Å². The highest BCUT2D eigenvalue weighted by molar-refractivity contribution is 8.93. The molecule has 1 aromatic heterocycles. The highest BCUT2D eigenvalue weighted by Crippen LogP contribution is 2.45. The van der Waals surface area contributed by atoms with Crippen LogP contribution in [-0.2, 0) is 5.75 Å². The van der Waals surface area contributed by atoms with E-state index in [9.17, 15) is 8.78 Å². The molecule has 2 aromatic carbocycles. The summed E-state index contributed by atoms with van der Waals surface area (Å²) >= 11 is 1.67. The molecule has 1 aliphatic rings. The summed E-state index contributed by atoms with van der Waals surface area (Å²) in [6.45, 7) is -0.798. The molecule has 24 heavy (non-hydrogen) atoms. The van der Waals surface area contributed by atoms with E-state index in [1.807, 2.05) is 31.2 Å². The second-order valence-corrected chi connectivity index (χ2v) is 6.54. The summed E-state index contributed by atoms with van der Waals surface area (Å²) < 4.78 is 32.2. The van der Waals surface area contributed by atoms with Gasteiger partial charge in [0.1, 0.15) is 16.9 Å². The summed E-state index contributed by atoms with van der Waals surface area (Å²) in [5, 5.41) is -0.105. The van der Waals surface area contributed by atoms with Crippen LogP contribution in [0.1, 0.15) is 22.3 Å². The number of rotatable bonds is 3. The molecule has 0 aliphatic carbocycles. The maximum atomic E-state index is 12.7. The van der Waals surface area contributed by atoms with Crippen molar-refractivity contribution in [1.82, 2.24) is 9.55 Å². The van der Waals surface area contributed by atoms with Crippen molar-refractivity contribution >= 4 is 39.8 Å². The number of aryl methyl sites for hydroxylation is 1. The summed E-state index contributed by atoms with van der Waals surface area (Å²) in [5.74, 6) is 1.94. The molecule has 126 valence electrons. The van der Waals surface area contributed by atoms with E-state index in [-0.39, 0.29) is 28.1 Å². The summed E-state index contributed by atoms with van der Waals surface area (Å²) in [5.41, 5.74) is 3.86. The highest BCUT2D eigenvalue weighted by atomic mass is 79.9. The molecule has 3 nitrogen and oxygen atoms in total. The summed E-state index contributed by atoms with van der Waals surface area (Å²) in [6.07, 6.45) is 0. The number of halogens is 3. The van der Waals surface area contributed by atoms with Crippen molar-refractivity contribution in [3.8, 4) is 5.75 Å². The Morgan fingerprint density at radius 2 is 2.04 bits per heavy atom. The second-order valence-electron chi connectivity index (χ2n) is 5.47. The monoisotopic (exact) mass is 412 g/mol. The van der Waals surface area contributed by atoms with Crippen molar-refractivity contribution in [3.63, 3.8) is 0 Å². The summed E-state index contributed by atoms with van der Waals surface area (Å²) in [6, 6.07) is 13.1. The van der Waals surface area contributed by atoms with E-state index >= 15 is 0 Å². The third-order valence-corrected chi connectivity index (χ3v) is 5.13. The minimum absolute atomic E-state index is 0. The molecule has 2 heterocycles. The average Bonchev–Trinajstić information content (AvgIpc) is 3.06. The van der Waals surface area contributed by atoms with Gasteiger partial charge < -0.3 is 9.30 Å². The van der Waals surface area contributed by atoms with Gasteiger partial charge in [0.05, 0.1) is 16.8 Å². The van der Waals surface area contributed by atoms with E-state index in [4.69, 9.17) is 4.74 Å². The van der Waals surface area contributed by atoms with Crippen molar-refractivity contribution in [2.24, 2.45) is 0 Å². The second kappa shape index (κ2) is 6.72. The van der Waals surface area contributed by atoms with Crippen LogP contribution in [0.2, 0.25) is 0 Å². The standard InChI is InChI=1S/C17H14F2N2OS.BrH/c1-10-6-7-12-13(8-10)21-15(20-12)9-23-16(21)11-4-2-3-5-14(11)22-17(18)19;/h2-8,16-17H,9H2,1H3;1H/t16-;/m0./s1. The molecule has 7 heteroatoms. The molecular formula is C17H15BrF2N2OS. The van der Waals surface area contributed by atoms with Crippen LogP contribution in [0.3, 0.4) is 0 Å². The fourth-order valence-corrected chi connectivity index (χ4v) is 4.23. The van der Waals surface area contributed by atoms with Gasteiger partial charge >= 0.3 is 6.61 Å². The number of imidazole rings is 1. The van der Waals surface area contributed by atoms with E-state index in [2.05, 4.69) is 15.6 Å². The third kappa shape index (κ3) is 2.91. The Labute approximate surface area is 152 Å².